The third-order valence-corrected chi connectivity index (χ3v) is 3.76. The minimum absolute atomic E-state index is 0. The van der Waals surface area contributed by atoms with Crippen molar-refractivity contribution >= 4 is 42.1 Å². The van der Waals surface area contributed by atoms with Crippen LogP contribution in [0.3, 0.4) is 0 Å². The molecule has 0 saturated heterocycles. The third-order valence-electron chi connectivity index (χ3n) is 2.91. The molecule has 124 valence electrons. The van der Waals surface area contributed by atoms with E-state index in [1.54, 1.807) is 11.3 Å². The van der Waals surface area contributed by atoms with Crippen molar-refractivity contribution in [2.45, 2.75) is 26.2 Å². The normalized spacial score (nSPS) is 9.73. The van der Waals surface area contributed by atoms with Crippen molar-refractivity contribution in [3.05, 3.63) is 29.0 Å². The number of carbonyl (C=O) groups excluding carboxylic acids is 1. The number of oxazole rings is 1. The standard InChI is InChI=1S/C14H19N3O2S.2ClH/c1-10-11(9-13(18)16-7-3-2-6-15)17-14(19-10)12-5-4-8-20-12;;/h4-5,8H,2-3,6-7,9,15H2,1H3,(H,16,18);2*1H. The van der Waals surface area contributed by atoms with Gasteiger partial charge in [0.2, 0.25) is 11.8 Å². The SMILES string of the molecule is Cc1oc(-c2cccs2)nc1CC(=O)NCCCCN.Cl.Cl. The summed E-state index contributed by atoms with van der Waals surface area (Å²) in [6.07, 6.45) is 2.08. The second kappa shape index (κ2) is 10.6. The van der Waals surface area contributed by atoms with Crippen LogP contribution in [0.15, 0.2) is 21.9 Å². The maximum absolute atomic E-state index is 11.8. The van der Waals surface area contributed by atoms with Crippen LogP contribution in [0, 0.1) is 6.92 Å². The number of unbranched alkanes of at least 4 members (excludes halogenated alkanes) is 1. The number of thiophene rings is 1. The highest BCUT2D eigenvalue weighted by atomic mass is 35.5. The molecule has 0 aliphatic heterocycles. The minimum Gasteiger partial charge on any atom is -0.440 e. The number of aromatic nitrogens is 1. The Kier molecular flexibility index (Phi) is 10.1. The molecular formula is C14H21Cl2N3O2S. The lowest BCUT2D eigenvalue weighted by Gasteiger charge is -2.03. The average molecular weight is 366 g/mol. The molecule has 0 bridgehead atoms. The number of nitrogens with one attached hydrogen (secondary N) is 1. The zero-order chi connectivity index (χ0) is 14.4. The summed E-state index contributed by atoms with van der Waals surface area (Å²) in [6, 6.07) is 3.90. The summed E-state index contributed by atoms with van der Waals surface area (Å²) in [6.45, 7) is 3.15. The van der Waals surface area contributed by atoms with Gasteiger partial charge >= 0.3 is 0 Å². The molecule has 8 heteroatoms. The van der Waals surface area contributed by atoms with Crippen molar-refractivity contribution in [3.63, 3.8) is 0 Å². The molecule has 3 N–H and O–H groups in total. The Morgan fingerprint density at radius 1 is 1.41 bits per heavy atom. The number of nitrogens with zero attached hydrogens (tertiary/aromatic N) is 1. The van der Waals surface area contributed by atoms with E-state index < -0.39 is 0 Å². The molecule has 2 aromatic rings. The van der Waals surface area contributed by atoms with Gasteiger partial charge in [-0.2, -0.15) is 0 Å². The maximum atomic E-state index is 11.8. The van der Waals surface area contributed by atoms with Crippen LogP contribution in [-0.4, -0.2) is 24.0 Å². The van der Waals surface area contributed by atoms with Gasteiger partial charge in [-0.05, 0) is 37.8 Å². The van der Waals surface area contributed by atoms with Gasteiger partial charge in [-0.3, -0.25) is 4.79 Å². The van der Waals surface area contributed by atoms with E-state index in [2.05, 4.69) is 10.3 Å². The van der Waals surface area contributed by atoms with Crippen molar-refractivity contribution in [1.29, 1.82) is 0 Å². The van der Waals surface area contributed by atoms with E-state index in [0.29, 0.717) is 30.4 Å². The number of halogens is 2. The lowest BCUT2D eigenvalue weighted by molar-refractivity contribution is -0.120. The predicted molar refractivity (Wildman–Crippen MR) is 94.1 cm³/mol. The fourth-order valence-corrected chi connectivity index (χ4v) is 2.46. The Bertz CT molecular complexity index is 558. The van der Waals surface area contributed by atoms with E-state index in [9.17, 15) is 4.79 Å². The number of nitrogens with two attached hydrogens (primary N) is 1. The van der Waals surface area contributed by atoms with E-state index in [-0.39, 0.29) is 37.1 Å². The molecule has 5 nitrogen and oxygen atoms in total. The molecule has 0 aliphatic carbocycles. The summed E-state index contributed by atoms with van der Waals surface area (Å²) in [7, 11) is 0. The van der Waals surface area contributed by atoms with Gasteiger partial charge in [0.1, 0.15) is 5.76 Å². The lowest BCUT2D eigenvalue weighted by atomic mass is 10.2. The zero-order valence-corrected chi connectivity index (χ0v) is 14.8. The Morgan fingerprint density at radius 3 is 2.82 bits per heavy atom. The van der Waals surface area contributed by atoms with Gasteiger partial charge < -0.3 is 15.5 Å². The van der Waals surface area contributed by atoms with Crippen molar-refractivity contribution in [3.8, 4) is 10.8 Å². The molecule has 2 aromatic heterocycles. The summed E-state index contributed by atoms with van der Waals surface area (Å²) in [5, 5.41) is 4.83. The van der Waals surface area contributed by atoms with E-state index in [4.69, 9.17) is 10.2 Å². The first kappa shape index (κ1) is 20.9. The molecular weight excluding hydrogens is 345 g/mol. The summed E-state index contributed by atoms with van der Waals surface area (Å²) in [5.74, 6) is 1.25. The summed E-state index contributed by atoms with van der Waals surface area (Å²) in [5.41, 5.74) is 6.10. The Morgan fingerprint density at radius 2 is 2.18 bits per heavy atom. The van der Waals surface area contributed by atoms with Gasteiger partial charge in [-0.1, -0.05) is 6.07 Å². The van der Waals surface area contributed by atoms with E-state index in [1.807, 2.05) is 24.4 Å². The molecule has 0 fully saturated rings. The van der Waals surface area contributed by atoms with Crippen LogP contribution < -0.4 is 11.1 Å². The van der Waals surface area contributed by atoms with Gasteiger partial charge in [0, 0.05) is 6.54 Å². The van der Waals surface area contributed by atoms with Crippen LogP contribution in [0.2, 0.25) is 0 Å². The van der Waals surface area contributed by atoms with Gasteiger partial charge in [0.15, 0.2) is 0 Å². The predicted octanol–water partition coefficient (Wildman–Crippen LogP) is 2.95. The van der Waals surface area contributed by atoms with Crippen molar-refractivity contribution in [2.75, 3.05) is 13.1 Å². The number of rotatable bonds is 7. The number of amides is 1. The quantitative estimate of drug-likeness (QED) is 0.739. The fraction of sp³-hybridized carbons (Fsp3) is 0.429. The Labute approximate surface area is 146 Å². The first-order chi connectivity index (χ1) is 9.70. The molecule has 1 amide bonds. The third kappa shape index (κ3) is 5.96. The second-order valence-electron chi connectivity index (χ2n) is 4.52. The largest absolute Gasteiger partial charge is 0.440 e. The van der Waals surface area contributed by atoms with E-state index >= 15 is 0 Å². The van der Waals surface area contributed by atoms with Gasteiger partial charge in [0.25, 0.3) is 0 Å². The van der Waals surface area contributed by atoms with Gasteiger partial charge in [-0.25, -0.2) is 4.98 Å². The number of aryl methyl sites for hydroxylation is 1. The van der Waals surface area contributed by atoms with Crippen LogP contribution >= 0.6 is 36.2 Å². The van der Waals surface area contributed by atoms with Gasteiger partial charge in [0.05, 0.1) is 17.0 Å². The Balaban J connectivity index is 0.00000220. The van der Waals surface area contributed by atoms with Crippen LogP contribution in [-0.2, 0) is 11.2 Å². The van der Waals surface area contributed by atoms with Crippen molar-refractivity contribution in [2.24, 2.45) is 5.73 Å². The van der Waals surface area contributed by atoms with Crippen molar-refractivity contribution in [1.82, 2.24) is 10.3 Å². The monoisotopic (exact) mass is 365 g/mol. The summed E-state index contributed by atoms with van der Waals surface area (Å²) < 4.78 is 5.61. The molecule has 0 saturated carbocycles. The first-order valence-electron chi connectivity index (χ1n) is 6.67. The lowest BCUT2D eigenvalue weighted by Crippen LogP contribution is -2.26. The minimum atomic E-state index is -0.0313. The number of hydrogen-bond donors (Lipinski definition) is 2. The average Bonchev–Trinajstić information content (AvgIpc) is 3.05. The molecule has 0 unspecified atom stereocenters. The smallest absolute Gasteiger partial charge is 0.236 e. The van der Waals surface area contributed by atoms with Crippen LogP contribution in [0.4, 0.5) is 0 Å². The fourth-order valence-electron chi connectivity index (χ4n) is 1.81. The molecule has 0 atom stereocenters. The molecule has 0 aliphatic rings. The topological polar surface area (TPSA) is 81.2 Å². The summed E-state index contributed by atoms with van der Waals surface area (Å²) in [4.78, 5) is 17.2. The highest BCUT2D eigenvalue weighted by molar-refractivity contribution is 7.13. The number of hydrogen-bond acceptors (Lipinski definition) is 5. The molecule has 0 aromatic carbocycles. The van der Waals surface area contributed by atoms with Gasteiger partial charge in [-0.15, -0.1) is 36.2 Å². The maximum Gasteiger partial charge on any atom is 0.236 e. The van der Waals surface area contributed by atoms with Crippen molar-refractivity contribution < 1.29 is 9.21 Å². The second-order valence-corrected chi connectivity index (χ2v) is 5.47. The molecule has 2 heterocycles. The van der Waals surface area contributed by atoms with Crippen LogP contribution in [0.25, 0.3) is 10.8 Å². The van der Waals surface area contributed by atoms with Crippen LogP contribution in [0.5, 0.6) is 0 Å². The van der Waals surface area contributed by atoms with E-state index in [1.165, 1.54) is 0 Å². The summed E-state index contributed by atoms with van der Waals surface area (Å²) >= 11 is 1.57. The van der Waals surface area contributed by atoms with E-state index in [0.717, 1.165) is 17.7 Å². The molecule has 0 radical (unpaired) electrons. The van der Waals surface area contributed by atoms with Crippen LogP contribution in [0.1, 0.15) is 24.3 Å². The highest BCUT2D eigenvalue weighted by Crippen LogP contribution is 2.25. The first-order valence-corrected chi connectivity index (χ1v) is 7.55. The Hall–Kier alpha value is -1.08. The molecule has 2 rings (SSSR count). The number of carbonyl (C=O) groups is 1. The highest BCUT2D eigenvalue weighted by Gasteiger charge is 2.14. The molecule has 0 spiro atoms. The molecule has 22 heavy (non-hydrogen) atoms. The zero-order valence-electron chi connectivity index (χ0n) is 12.3.